The molecule has 0 bridgehead atoms. The van der Waals surface area contributed by atoms with E-state index in [0.29, 0.717) is 17.6 Å². The first kappa shape index (κ1) is 13.3. The number of nitrogens with zero attached hydrogens (tertiary/aromatic N) is 2. The highest BCUT2D eigenvalue weighted by atomic mass is 79.9. The Morgan fingerprint density at radius 1 is 1.53 bits per heavy atom. The molecule has 3 rings (SSSR count). The lowest BCUT2D eigenvalue weighted by Crippen LogP contribution is -2.41. The molecule has 2 N–H and O–H groups in total. The second-order valence-electron chi connectivity index (χ2n) is 5.38. The average molecular weight is 342 g/mol. The van der Waals surface area contributed by atoms with E-state index in [1.807, 2.05) is 12.1 Å². The average Bonchev–Trinajstić information content (AvgIpc) is 2.96. The first-order valence-corrected chi connectivity index (χ1v) is 8.06. The van der Waals surface area contributed by atoms with Crippen LogP contribution in [0.2, 0.25) is 0 Å². The second kappa shape index (κ2) is 5.00. The molecule has 1 fully saturated rings. The lowest BCUT2D eigenvalue weighted by molar-refractivity contribution is 0.183. The van der Waals surface area contributed by atoms with Crippen LogP contribution in [0.15, 0.2) is 20.4 Å². The van der Waals surface area contributed by atoms with Crippen molar-refractivity contribution in [3.63, 3.8) is 0 Å². The first-order valence-electron chi connectivity index (χ1n) is 6.46. The molecule has 0 saturated heterocycles. The summed E-state index contributed by atoms with van der Waals surface area (Å²) in [6.07, 6.45) is 4.20. The van der Waals surface area contributed by atoms with Crippen LogP contribution < -0.4 is 5.73 Å². The van der Waals surface area contributed by atoms with Crippen LogP contribution in [0.1, 0.15) is 38.5 Å². The van der Waals surface area contributed by atoms with Crippen LogP contribution in [-0.4, -0.2) is 10.1 Å². The molecular formula is C13H16BrN3OS. The molecule has 102 valence electrons. The van der Waals surface area contributed by atoms with Crippen molar-refractivity contribution in [3.05, 3.63) is 21.8 Å². The standard InChI is InChI=1S/C13H16BrN3OS/c1-8-3-2-6-13(15,7-8)12-16-11(17-18-12)9-4-5-10(14)19-9/h4-5,8H,2-3,6-7,15H2,1H3. The number of thiophene rings is 1. The molecule has 6 heteroatoms. The van der Waals surface area contributed by atoms with Crippen LogP contribution in [0.5, 0.6) is 0 Å². The van der Waals surface area contributed by atoms with Crippen LogP contribution in [0, 0.1) is 5.92 Å². The molecule has 2 aromatic rings. The molecule has 1 saturated carbocycles. The van der Waals surface area contributed by atoms with Crippen molar-refractivity contribution in [2.24, 2.45) is 11.7 Å². The molecule has 0 radical (unpaired) electrons. The topological polar surface area (TPSA) is 64.9 Å². The van der Waals surface area contributed by atoms with Gasteiger partial charge in [-0.05, 0) is 46.8 Å². The zero-order valence-corrected chi connectivity index (χ0v) is 13.1. The van der Waals surface area contributed by atoms with Gasteiger partial charge in [0, 0.05) is 0 Å². The molecule has 2 aromatic heterocycles. The Morgan fingerprint density at radius 3 is 3.05 bits per heavy atom. The summed E-state index contributed by atoms with van der Waals surface area (Å²) < 4.78 is 6.48. The van der Waals surface area contributed by atoms with Gasteiger partial charge in [0.15, 0.2) is 0 Å². The number of nitrogens with two attached hydrogens (primary N) is 1. The maximum Gasteiger partial charge on any atom is 0.247 e. The van der Waals surface area contributed by atoms with Crippen molar-refractivity contribution in [2.45, 2.75) is 38.1 Å². The van der Waals surface area contributed by atoms with Gasteiger partial charge < -0.3 is 10.3 Å². The molecular weight excluding hydrogens is 326 g/mol. The molecule has 19 heavy (non-hydrogen) atoms. The Kier molecular flexibility index (Phi) is 3.49. The van der Waals surface area contributed by atoms with Gasteiger partial charge >= 0.3 is 0 Å². The Hall–Kier alpha value is -0.720. The summed E-state index contributed by atoms with van der Waals surface area (Å²) in [5.41, 5.74) is 6.02. The fraction of sp³-hybridized carbons (Fsp3) is 0.538. The van der Waals surface area contributed by atoms with E-state index in [-0.39, 0.29) is 0 Å². The molecule has 0 aliphatic heterocycles. The van der Waals surface area contributed by atoms with E-state index in [1.165, 1.54) is 6.42 Å². The maximum absolute atomic E-state index is 6.47. The van der Waals surface area contributed by atoms with Crippen molar-refractivity contribution in [3.8, 4) is 10.7 Å². The number of rotatable bonds is 2. The third-order valence-electron chi connectivity index (χ3n) is 3.68. The van der Waals surface area contributed by atoms with E-state index in [4.69, 9.17) is 10.3 Å². The molecule has 2 unspecified atom stereocenters. The van der Waals surface area contributed by atoms with Crippen LogP contribution >= 0.6 is 27.3 Å². The zero-order valence-electron chi connectivity index (χ0n) is 10.7. The molecule has 1 aliphatic rings. The Bertz CT molecular complexity index is 582. The SMILES string of the molecule is CC1CCCC(N)(c2nc(-c3ccc(Br)s3)no2)C1. The van der Waals surface area contributed by atoms with Crippen LogP contribution in [0.3, 0.4) is 0 Å². The van der Waals surface area contributed by atoms with Crippen molar-refractivity contribution >= 4 is 27.3 Å². The molecule has 0 aromatic carbocycles. The molecule has 2 heterocycles. The first-order chi connectivity index (χ1) is 9.07. The molecule has 0 spiro atoms. The maximum atomic E-state index is 6.47. The van der Waals surface area contributed by atoms with E-state index in [0.717, 1.165) is 27.9 Å². The van der Waals surface area contributed by atoms with Gasteiger partial charge in [0.25, 0.3) is 0 Å². The highest BCUT2D eigenvalue weighted by molar-refractivity contribution is 9.11. The number of hydrogen-bond donors (Lipinski definition) is 1. The Morgan fingerprint density at radius 2 is 2.37 bits per heavy atom. The highest BCUT2D eigenvalue weighted by Crippen LogP contribution is 2.38. The van der Waals surface area contributed by atoms with Crippen LogP contribution in [-0.2, 0) is 5.54 Å². The van der Waals surface area contributed by atoms with E-state index in [2.05, 4.69) is 33.0 Å². The fourth-order valence-corrected chi connectivity index (χ4v) is 4.06. The summed E-state index contributed by atoms with van der Waals surface area (Å²) in [7, 11) is 0. The smallest absolute Gasteiger partial charge is 0.247 e. The summed E-state index contributed by atoms with van der Waals surface area (Å²) in [6, 6.07) is 3.97. The largest absolute Gasteiger partial charge is 0.337 e. The van der Waals surface area contributed by atoms with Gasteiger partial charge in [-0.1, -0.05) is 24.9 Å². The predicted octanol–water partition coefficient (Wildman–Crippen LogP) is 3.92. The van der Waals surface area contributed by atoms with Gasteiger partial charge in [-0.15, -0.1) is 11.3 Å². The molecule has 1 aliphatic carbocycles. The summed E-state index contributed by atoms with van der Waals surface area (Å²) in [6.45, 7) is 2.23. The predicted molar refractivity (Wildman–Crippen MR) is 78.8 cm³/mol. The monoisotopic (exact) mass is 341 g/mol. The number of hydrogen-bond acceptors (Lipinski definition) is 5. The lowest BCUT2D eigenvalue weighted by Gasteiger charge is -2.33. The van der Waals surface area contributed by atoms with Crippen molar-refractivity contribution in [1.82, 2.24) is 10.1 Å². The minimum absolute atomic E-state index is 0.447. The molecule has 2 atom stereocenters. The number of aromatic nitrogens is 2. The third kappa shape index (κ3) is 2.61. The molecule has 0 amide bonds. The summed E-state index contributed by atoms with van der Waals surface area (Å²) in [5.74, 6) is 1.83. The van der Waals surface area contributed by atoms with E-state index in [1.54, 1.807) is 11.3 Å². The van der Waals surface area contributed by atoms with Gasteiger partial charge in [0.05, 0.1) is 14.2 Å². The van der Waals surface area contributed by atoms with Crippen molar-refractivity contribution in [1.29, 1.82) is 0 Å². The van der Waals surface area contributed by atoms with Crippen LogP contribution in [0.25, 0.3) is 10.7 Å². The second-order valence-corrected chi connectivity index (χ2v) is 7.85. The van der Waals surface area contributed by atoms with Gasteiger partial charge in [-0.25, -0.2) is 0 Å². The van der Waals surface area contributed by atoms with Gasteiger partial charge in [0.2, 0.25) is 11.7 Å². The van der Waals surface area contributed by atoms with E-state index >= 15 is 0 Å². The minimum Gasteiger partial charge on any atom is -0.337 e. The Labute approximate surface area is 124 Å². The summed E-state index contributed by atoms with van der Waals surface area (Å²) >= 11 is 5.03. The minimum atomic E-state index is -0.447. The lowest BCUT2D eigenvalue weighted by atomic mass is 9.77. The fourth-order valence-electron chi connectivity index (χ4n) is 2.75. The Balaban J connectivity index is 1.88. The highest BCUT2D eigenvalue weighted by Gasteiger charge is 2.37. The van der Waals surface area contributed by atoms with E-state index < -0.39 is 5.54 Å². The third-order valence-corrected chi connectivity index (χ3v) is 5.30. The summed E-state index contributed by atoms with van der Waals surface area (Å²) in [4.78, 5) is 5.51. The van der Waals surface area contributed by atoms with Crippen LogP contribution in [0.4, 0.5) is 0 Å². The zero-order chi connectivity index (χ0) is 13.5. The van der Waals surface area contributed by atoms with Gasteiger partial charge in [-0.3, -0.25) is 0 Å². The van der Waals surface area contributed by atoms with Crippen molar-refractivity contribution < 1.29 is 4.52 Å². The number of halogens is 1. The van der Waals surface area contributed by atoms with Gasteiger partial charge in [-0.2, -0.15) is 4.98 Å². The van der Waals surface area contributed by atoms with Crippen molar-refractivity contribution in [2.75, 3.05) is 0 Å². The van der Waals surface area contributed by atoms with E-state index in [9.17, 15) is 0 Å². The normalized spacial score (nSPS) is 27.6. The van der Waals surface area contributed by atoms with Gasteiger partial charge in [0.1, 0.15) is 0 Å². The quantitative estimate of drug-likeness (QED) is 0.898. The summed E-state index contributed by atoms with van der Waals surface area (Å²) in [5, 5.41) is 4.07. The molecule has 4 nitrogen and oxygen atoms in total.